The first-order valence-electron chi connectivity index (χ1n) is 7.05. The van der Waals surface area contributed by atoms with Gasteiger partial charge in [-0.15, -0.1) is 0 Å². The number of nitrogens with two attached hydrogens (primary N) is 1. The van der Waals surface area contributed by atoms with Gasteiger partial charge in [0.1, 0.15) is 0 Å². The zero-order valence-electron chi connectivity index (χ0n) is 11.4. The molecule has 0 heterocycles. The van der Waals surface area contributed by atoms with Gasteiger partial charge in [0.05, 0.1) is 4.92 Å². The molecule has 19 heavy (non-hydrogen) atoms. The normalized spacial score (nSPS) is 27.2. The van der Waals surface area contributed by atoms with Gasteiger partial charge in [0.25, 0.3) is 5.69 Å². The van der Waals surface area contributed by atoms with Crippen LogP contribution in [0.5, 0.6) is 0 Å². The standard InChI is InChI=1S/C15H22N2O2/c1-11-2-9-15(16)13(10-11)6-3-12-4-7-14(8-5-12)17(18)19/h4-5,7-8,11,13,15H,2-3,6,9-10,16H2,1H3. The fraction of sp³-hybridized carbons (Fsp3) is 0.600. The van der Waals surface area contributed by atoms with Crippen molar-refractivity contribution in [2.75, 3.05) is 0 Å². The molecule has 0 bridgehead atoms. The fourth-order valence-electron chi connectivity index (χ4n) is 2.99. The van der Waals surface area contributed by atoms with Crippen LogP contribution in [-0.2, 0) is 6.42 Å². The topological polar surface area (TPSA) is 69.2 Å². The molecule has 1 fully saturated rings. The Hall–Kier alpha value is -1.42. The molecule has 0 radical (unpaired) electrons. The second kappa shape index (κ2) is 6.15. The van der Waals surface area contributed by atoms with E-state index in [1.54, 1.807) is 12.1 Å². The van der Waals surface area contributed by atoms with Crippen molar-refractivity contribution >= 4 is 5.69 Å². The van der Waals surface area contributed by atoms with E-state index >= 15 is 0 Å². The number of nitro benzene ring substituents is 1. The van der Waals surface area contributed by atoms with E-state index in [4.69, 9.17) is 5.73 Å². The zero-order valence-corrected chi connectivity index (χ0v) is 11.4. The SMILES string of the molecule is CC1CCC(N)C(CCc2ccc([N+](=O)[O-])cc2)C1. The number of non-ortho nitro benzene ring substituents is 1. The van der Waals surface area contributed by atoms with E-state index in [2.05, 4.69) is 6.92 Å². The van der Waals surface area contributed by atoms with Crippen LogP contribution in [0, 0.1) is 22.0 Å². The van der Waals surface area contributed by atoms with Gasteiger partial charge in [-0.05, 0) is 49.5 Å². The van der Waals surface area contributed by atoms with Crippen LogP contribution < -0.4 is 5.73 Å². The van der Waals surface area contributed by atoms with Crippen LogP contribution in [0.2, 0.25) is 0 Å². The highest BCUT2D eigenvalue weighted by atomic mass is 16.6. The van der Waals surface area contributed by atoms with Gasteiger partial charge in [-0.3, -0.25) is 10.1 Å². The third-order valence-electron chi connectivity index (χ3n) is 4.25. The largest absolute Gasteiger partial charge is 0.327 e. The molecule has 1 aromatic carbocycles. The highest BCUT2D eigenvalue weighted by Crippen LogP contribution is 2.31. The molecule has 3 unspecified atom stereocenters. The van der Waals surface area contributed by atoms with Crippen molar-refractivity contribution in [3.8, 4) is 0 Å². The fourth-order valence-corrected chi connectivity index (χ4v) is 2.99. The Morgan fingerprint density at radius 2 is 2.00 bits per heavy atom. The summed E-state index contributed by atoms with van der Waals surface area (Å²) in [6.07, 6.45) is 5.64. The van der Waals surface area contributed by atoms with Crippen LogP contribution in [0.4, 0.5) is 5.69 Å². The quantitative estimate of drug-likeness (QED) is 0.668. The van der Waals surface area contributed by atoms with Crippen molar-refractivity contribution in [3.05, 3.63) is 39.9 Å². The minimum absolute atomic E-state index is 0.159. The van der Waals surface area contributed by atoms with Gasteiger partial charge in [-0.1, -0.05) is 19.1 Å². The summed E-state index contributed by atoms with van der Waals surface area (Å²) in [5.74, 6) is 1.38. The molecule has 4 nitrogen and oxygen atoms in total. The first kappa shape index (κ1) is 14.0. The number of nitrogens with zero attached hydrogens (tertiary/aromatic N) is 1. The van der Waals surface area contributed by atoms with Crippen LogP contribution in [0.1, 0.15) is 38.2 Å². The molecule has 0 amide bonds. The van der Waals surface area contributed by atoms with E-state index in [0.717, 1.165) is 30.7 Å². The molecule has 0 saturated heterocycles. The number of hydrogen-bond donors (Lipinski definition) is 1. The van der Waals surface area contributed by atoms with Crippen LogP contribution >= 0.6 is 0 Å². The van der Waals surface area contributed by atoms with Crippen LogP contribution in [0.15, 0.2) is 24.3 Å². The Labute approximate surface area is 114 Å². The predicted octanol–water partition coefficient (Wildman–Crippen LogP) is 3.29. The number of aryl methyl sites for hydroxylation is 1. The molecule has 3 atom stereocenters. The first-order chi connectivity index (χ1) is 9.06. The summed E-state index contributed by atoms with van der Waals surface area (Å²) in [5.41, 5.74) is 7.50. The van der Waals surface area contributed by atoms with Gasteiger partial charge in [0.2, 0.25) is 0 Å². The molecule has 1 aliphatic rings. The lowest BCUT2D eigenvalue weighted by Crippen LogP contribution is -2.35. The summed E-state index contributed by atoms with van der Waals surface area (Å²) in [7, 11) is 0. The Kier molecular flexibility index (Phi) is 4.53. The third-order valence-corrected chi connectivity index (χ3v) is 4.25. The lowest BCUT2D eigenvalue weighted by atomic mass is 9.77. The van der Waals surface area contributed by atoms with E-state index < -0.39 is 0 Å². The van der Waals surface area contributed by atoms with Crippen molar-refractivity contribution < 1.29 is 4.92 Å². The number of benzene rings is 1. The van der Waals surface area contributed by atoms with E-state index in [1.165, 1.54) is 12.8 Å². The molecule has 0 spiro atoms. The minimum Gasteiger partial charge on any atom is -0.327 e. The van der Waals surface area contributed by atoms with Crippen LogP contribution in [0.3, 0.4) is 0 Å². The predicted molar refractivity (Wildman–Crippen MR) is 75.9 cm³/mol. The van der Waals surface area contributed by atoms with Crippen LogP contribution in [-0.4, -0.2) is 11.0 Å². The zero-order chi connectivity index (χ0) is 13.8. The van der Waals surface area contributed by atoms with Crippen molar-refractivity contribution in [1.82, 2.24) is 0 Å². The molecule has 2 N–H and O–H groups in total. The van der Waals surface area contributed by atoms with Crippen molar-refractivity contribution in [2.24, 2.45) is 17.6 Å². The Bertz CT molecular complexity index is 430. The van der Waals surface area contributed by atoms with E-state index in [-0.39, 0.29) is 10.6 Å². The maximum Gasteiger partial charge on any atom is 0.269 e. The van der Waals surface area contributed by atoms with Crippen molar-refractivity contribution in [2.45, 2.75) is 45.1 Å². The van der Waals surface area contributed by atoms with Gasteiger partial charge >= 0.3 is 0 Å². The van der Waals surface area contributed by atoms with Gasteiger partial charge in [-0.25, -0.2) is 0 Å². The Morgan fingerprint density at radius 1 is 1.32 bits per heavy atom. The smallest absolute Gasteiger partial charge is 0.269 e. The van der Waals surface area contributed by atoms with E-state index in [0.29, 0.717) is 12.0 Å². The summed E-state index contributed by atoms with van der Waals surface area (Å²) >= 11 is 0. The second-order valence-corrected chi connectivity index (χ2v) is 5.80. The molecule has 4 heteroatoms. The third kappa shape index (κ3) is 3.77. The Morgan fingerprint density at radius 3 is 2.63 bits per heavy atom. The Balaban J connectivity index is 1.89. The summed E-state index contributed by atoms with van der Waals surface area (Å²) in [5, 5.41) is 10.6. The number of rotatable bonds is 4. The minimum atomic E-state index is -0.359. The molecular weight excluding hydrogens is 240 g/mol. The molecule has 2 rings (SSSR count). The monoisotopic (exact) mass is 262 g/mol. The lowest BCUT2D eigenvalue weighted by molar-refractivity contribution is -0.384. The molecule has 1 aromatic rings. The summed E-state index contributed by atoms with van der Waals surface area (Å²) < 4.78 is 0. The van der Waals surface area contributed by atoms with Gasteiger partial charge in [-0.2, -0.15) is 0 Å². The lowest BCUT2D eigenvalue weighted by Gasteiger charge is -2.32. The molecule has 104 valence electrons. The van der Waals surface area contributed by atoms with Gasteiger partial charge in [0.15, 0.2) is 0 Å². The molecule has 1 aliphatic carbocycles. The first-order valence-corrected chi connectivity index (χ1v) is 7.05. The van der Waals surface area contributed by atoms with Gasteiger partial charge in [0, 0.05) is 18.2 Å². The maximum atomic E-state index is 10.6. The highest BCUT2D eigenvalue weighted by molar-refractivity contribution is 5.32. The highest BCUT2D eigenvalue weighted by Gasteiger charge is 2.25. The van der Waals surface area contributed by atoms with E-state index in [9.17, 15) is 10.1 Å². The van der Waals surface area contributed by atoms with Crippen LogP contribution in [0.25, 0.3) is 0 Å². The van der Waals surface area contributed by atoms with Crippen molar-refractivity contribution in [3.63, 3.8) is 0 Å². The summed E-state index contributed by atoms with van der Waals surface area (Å²) in [4.78, 5) is 10.2. The number of nitro groups is 1. The maximum absolute atomic E-state index is 10.6. The molecule has 0 aliphatic heterocycles. The average molecular weight is 262 g/mol. The van der Waals surface area contributed by atoms with Crippen molar-refractivity contribution in [1.29, 1.82) is 0 Å². The molecular formula is C15H22N2O2. The average Bonchev–Trinajstić information content (AvgIpc) is 2.40. The van der Waals surface area contributed by atoms with Gasteiger partial charge < -0.3 is 5.73 Å². The summed E-state index contributed by atoms with van der Waals surface area (Å²) in [6.45, 7) is 2.30. The summed E-state index contributed by atoms with van der Waals surface area (Å²) in [6, 6.07) is 7.21. The molecule has 0 aromatic heterocycles. The molecule has 1 saturated carbocycles. The second-order valence-electron chi connectivity index (χ2n) is 5.80. The van der Waals surface area contributed by atoms with E-state index in [1.807, 2.05) is 12.1 Å². The number of hydrogen-bond acceptors (Lipinski definition) is 3.